The van der Waals surface area contributed by atoms with Crippen molar-refractivity contribution in [3.8, 4) is 22.9 Å². The second kappa shape index (κ2) is 9.77. The third-order valence-corrected chi connectivity index (χ3v) is 7.70. The zero-order chi connectivity index (χ0) is 25.6. The first kappa shape index (κ1) is 24.6. The molecule has 3 atom stereocenters. The first-order chi connectivity index (χ1) is 17.3. The van der Waals surface area contributed by atoms with Crippen molar-refractivity contribution >= 4 is 17.4 Å². The average molecular weight is 510 g/mol. The van der Waals surface area contributed by atoms with Gasteiger partial charge < -0.3 is 9.47 Å². The fraction of sp³-hybridized carbons (Fsp3) is 0.429. The first-order valence-electron chi connectivity index (χ1n) is 12.3. The van der Waals surface area contributed by atoms with Crippen LogP contribution >= 0.6 is 11.6 Å². The molecule has 1 unspecified atom stereocenters. The summed E-state index contributed by atoms with van der Waals surface area (Å²) in [6.07, 6.45) is 6.15. The van der Waals surface area contributed by atoms with Crippen LogP contribution in [0.5, 0.6) is 11.6 Å². The highest BCUT2D eigenvalue weighted by Gasteiger charge is 2.40. The molecule has 6 nitrogen and oxygen atoms in total. The summed E-state index contributed by atoms with van der Waals surface area (Å²) in [6, 6.07) is 5.53. The van der Waals surface area contributed by atoms with E-state index in [4.69, 9.17) is 26.1 Å². The molecule has 0 amide bonds. The van der Waals surface area contributed by atoms with E-state index in [1.165, 1.54) is 13.3 Å². The Morgan fingerprint density at radius 3 is 2.67 bits per heavy atom. The molecule has 2 aromatic heterocycles. The molecule has 36 heavy (non-hydrogen) atoms. The minimum absolute atomic E-state index is 0.0839. The summed E-state index contributed by atoms with van der Waals surface area (Å²) >= 11 is 6.36. The third-order valence-electron chi connectivity index (χ3n) is 7.40. The average Bonchev–Trinajstić information content (AvgIpc) is 3.71. The normalized spacial score (nSPS) is 18.7. The number of aryl methyl sites for hydroxylation is 2. The number of rotatable bonds is 7. The number of fused-ring (bicyclic) bond motifs is 1. The quantitative estimate of drug-likeness (QED) is 0.365. The van der Waals surface area contributed by atoms with Gasteiger partial charge >= 0.3 is 0 Å². The van der Waals surface area contributed by atoms with Crippen LogP contribution < -0.4 is 9.47 Å². The number of nitrogens with zero attached hydrogens (tertiary/aromatic N) is 3. The summed E-state index contributed by atoms with van der Waals surface area (Å²) in [7, 11) is 1.54. The van der Waals surface area contributed by atoms with Crippen molar-refractivity contribution in [2.24, 2.45) is 11.8 Å². The SMILES string of the molecule is COc1cc(-c2ncc(C3CCc4ccc([C@H](C5CC5)[C@H](C)C(C)=O)c(F)c4O3)nc2C)c(Cl)cn1. The third kappa shape index (κ3) is 4.57. The molecule has 0 N–H and O–H groups in total. The maximum atomic E-state index is 15.9. The minimum atomic E-state index is -0.422. The Morgan fingerprint density at radius 2 is 2.00 bits per heavy atom. The lowest BCUT2D eigenvalue weighted by atomic mass is 9.80. The van der Waals surface area contributed by atoms with E-state index in [1.54, 1.807) is 19.2 Å². The van der Waals surface area contributed by atoms with Crippen LogP contribution in [0.15, 0.2) is 30.6 Å². The van der Waals surface area contributed by atoms with Gasteiger partial charge in [0, 0.05) is 17.5 Å². The number of ether oxygens (including phenoxy) is 2. The van der Waals surface area contributed by atoms with Crippen LogP contribution in [0.3, 0.4) is 0 Å². The smallest absolute Gasteiger partial charge is 0.213 e. The molecule has 3 aromatic rings. The molecule has 1 aliphatic heterocycles. The summed E-state index contributed by atoms with van der Waals surface area (Å²) in [5, 5.41) is 0.448. The highest BCUT2D eigenvalue weighted by Crippen LogP contribution is 2.49. The Morgan fingerprint density at radius 1 is 1.22 bits per heavy atom. The summed E-state index contributed by atoms with van der Waals surface area (Å²) in [5.74, 6) is 0.428. The van der Waals surface area contributed by atoms with E-state index in [0.29, 0.717) is 57.9 Å². The standard InChI is InChI=1S/C28H29ClFN3O3/c1-14(16(3)34)25(17-5-6-17)19-9-7-18-8-10-23(36-28(18)26(19)30)22-13-32-27(15(2)33-22)20-11-24(35-4)31-12-21(20)29/h7,9,11-14,17,23,25H,5-6,8,10H2,1-4H3/t14-,23?,25+/m1/s1. The van der Waals surface area contributed by atoms with Crippen molar-refractivity contribution in [1.29, 1.82) is 0 Å². The van der Waals surface area contributed by atoms with Gasteiger partial charge in [0.2, 0.25) is 5.88 Å². The van der Waals surface area contributed by atoms with Gasteiger partial charge in [-0.25, -0.2) is 9.37 Å². The number of pyridine rings is 1. The number of hydrogen-bond acceptors (Lipinski definition) is 6. The van der Waals surface area contributed by atoms with Crippen LogP contribution in [0.4, 0.5) is 4.39 Å². The monoisotopic (exact) mass is 509 g/mol. The molecular weight excluding hydrogens is 481 g/mol. The van der Waals surface area contributed by atoms with Gasteiger partial charge in [-0.2, -0.15) is 0 Å². The molecule has 1 saturated carbocycles. The number of benzene rings is 1. The van der Waals surface area contributed by atoms with Crippen molar-refractivity contribution in [3.05, 3.63) is 63.9 Å². The van der Waals surface area contributed by atoms with Crippen LogP contribution in [0.1, 0.15) is 67.6 Å². The Hall–Kier alpha value is -3.06. The van der Waals surface area contributed by atoms with Crippen LogP contribution in [0.25, 0.3) is 11.3 Å². The molecule has 2 aliphatic rings. The fourth-order valence-corrected chi connectivity index (χ4v) is 5.35. The van der Waals surface area contributed by atoms with Gasteiger partial charge in [-0.1, -0.05) is 30.7 Å². The zero-order valence-electron chi connectivity index (χ0n) is 20.8. The molecule has 8 heteroatoms. The van der Waals surface area contributed by atoms with Gasteiger partial charge in [-0.3, -0.25) is 14.8 Å². The van der Waals surface area contributed by atoms with Gasteiger partial charge in [0.05, 0.1) is 41.6 Å². The molecule has 0 saturated heterocycles. The first-order valence-corrected chi connectivity index (χ1v) is 12.7. The summed E-state index contributed by atoms with van der Waals surface area (Å²) < 4.78 is 27.3. The molecule has 5 rings (SSSR count). The minimum Gasteiger partial charge on any atom is -0.481 e. The highest BCUT2D eigenvalue weighted by molar-refractivity contribution is 6.33. The fourth-order valence-electron chi connectivity index (χ4n) is 5.16. The molecule has 188 valence electrons. The Balaban J connectivity index is 1.44. The summed E-state index contributed by atoms with van der Waals surface area (Å²) in [4.78, 5) is 25.6. The lowest BCUT2D eigenvalue weighted by Crippen LogP contribution is -2.22. The molecule has 1 aliphatic carbocycles. The number of hydrogen-bond donors (Lipinski definition) is 0. The number of carbonyl (C=O) groups excluding carboxylic acids is 1. The molecule has 3 heterocycles. The summed E-state index contributed by atoms with van der Waals surface area (Å²) in [6.45, 7) is 5.34. The zero-order valence-corrected chi connectivity index (χ0v) is 21.6. The second-order valence-corrected chi connectivity index (χ2v) is 10.2. The van der Waals surface area contributed by atoms with Gasteiger partial charge in [0.1, 0.15) is 11.9 Å². The van der Waals surface area contributed by atoms with Crippen molar-refractivity contribution in [3.63, 3.8) is 0 Å². The molecular formula is C28H29ClFN3O3. The Bertz CT molecular complexity index is 1330. The van der Waals surface area contributed by atoms with Crippen LogP contribution in [0, 0.1) is 24.6 Å². The van der Waals surface area contributed by atoms with E-state index < -0.39 is 6.10 Å². The molecule has 1 aromatic carbocycles. The van der Waals surface area contributed by atoms with E-state index in [9.17, 15) is 4.79 Å². The number of carbonyl (C=O) groups is 1. The summed E-state index contributed by atoms with van der Waals surface area (Å²) in [5.41, 5.74) is 4.04. The number of halogens is 2. The largest absolute Gasteiger partial charge is 0.481 e. The number of methoxy groups -OCH3 is 1. The highest BCUT2D eigenvalue weighted by atomic mass is 35.5. The lowest BCUT2D eigenvalue weighted by Gasteiger charge is -2.29. The predicted molar refractivity (Wildman–Crippen MR) is 135 cm³/mol. The number of ketones is 1. The van der Waals surface area contributed by atoms with E-state index in [0.717, 1.165) is 18.4 Å². The molecule has 0 radical (unpaired) electrons. The van der Waals surface area contributed by atoms with Gasteiger partial charge in [0.15, 0.2) is 11.6 Å². The molecule has 0 bridgehead atoms. The van der Waals surface area contributed by atoms with Gasteiger partial charge in [-0.05, 0) is 62.5 Å². The van der Waals surface area contributed by atoms with Crippen LogP contribution in [-0.4, -0.2) is 27.8 Å². The predicted octanol–water partition coefficient (Wildman–Crippen LogP) is 6.43. The van der Waals surface area contributed by atoms with Crippen LogP contribution in [0.2, 0.25) is 5.02 Å². The maximum absolute atomic E-state index is 15.9. The number of aromatic nitrogens is 3. The topological polar surface area (TPSA) is 74.2 Å². The van der Waals surface area contributed by atoms with Gasteiger partial charge in [-0.15, -0.1) is 0 Å². The van der Waals surface area contributed by atoms with Gasteiger partial charge in [0.25, 0.3) is 0 Å². The van der Waals surface area contributed by atoms with Crippen molar-refractivity contribution in [2.75, 3.05) is 7.11 Å². The maximum Gasteiger partial charge on any atom is 0.213 e. The second-order valence-electron chi connectivity index (χ2n) is 9.80. The van der Waals surface area contributed by atoms with Crippen molar-refractivity contribution in [1.82, 2.24) is 15.0 Å². The Labute approximate surface area is 215 Å². The molecule has 1 fully saturated rings. The van der Waals surface area contributed by atoms with Crippen molar-refractivity contribution in [2.45, 2.75) is 58.5 Å². The van der Waals surface area contributed by atoms with Crippen LogP contribution in [-0.2, 0) is 11.2 Å². The van der Waals surface area contributed by atoms with E-state index in [-0.39, 0.29) is 29.2 Å². The Kier molecular flexibility index (Phi) is 6.68. The number of Topliss-reactive ketones (excluding diaryl/α,β-unsaturated/α-hetero) is 1. The van der Waals surface area contributed by atoms with Crippen molar-refractivity contribution < 1.29 is 18.7 Å². The lowest BCUT2D eigenvalue weighted by molar-refractivity contribution is -0.121. The van der Waals surface area contributed by atoms with E-state index in [2.05, 4.69) is 9.97 Å². The van der Waals surface area contributed by atoms with E-state index >= 15 is 4.39 Å². The molecule has 0 spiro atoms. The van der Waals surface area contributed by atoms with E-state index in [1.807, 2.05) is 26.0 Å².